The summed E-state index contributed by atoms with van der Waals surface area (Å²) in [7, 11) is 1.67. The van der Waals surface area contributed by atoms with Crippen molar-refractivity contribution in [3.63, 3.8) is 0 Å². The molecule has 0 spiro atoms. The number of para-hydroxylation sites is 1. The topological polar surface area (TPSA) is 50.8 Å². The van der Waals surface area contributed by atoms with E-state index in [1.807, 2.05) is 19.1 Å². The molecule has 0 bridgehead atoms. The second-order valence-electron chi connectivity index (χ2n) is 10.3. The van der Waals surface area contributed by atoms with Gasteiger partial charge in [0.25, 0.3) is 0 Å². The molecule has 184 valence electrons. The molecule has 4 unspecified atom stereocenters. The lowest BCUT2D eigenvalue weighted by Crippen LogP contribution is -2.53. The number of rotatable bonds is 7. The first-order chi connectivity index (χ1) is 16.4. The largest absolute Gasteiger partial charge is 0.493 e. The summed E-state index contributed by atoms with van der Waals surface area (Å²) in [6.45, 7) is 11.5. The van der Waals surface area contributed by atoms with Crippen molar-refractivity contribution >= 4 is 5.91 Å². The van der Waals surface area contributed by atoms with E-state index in [1.54, 1.807) is 7.11 Å². The lowest BCUT2D eigenvalue weighted by molar-refractivity contribution is -0.141. The van der Waals surface area contributed by atoms with Gasteiger partial charge in [-0.3, -0.25) is 4.79 Å². The molecule has 0 saturated carbocycles. The van der Waals surface area contributed by atoms with Crippen molar-refractivity contribution < 1.29 is 14.3 Å². The van der Waals surface area contributed by atoms with E-state index in [1.165, 1.54) is 5.56 Å². The van der Waals surface area contributed by atoms with E-state index in [9.17, 15) is 4.79 Å². The Kier molecular flexibility index (Phi) is 7.51. The van der Waals surface area contributed by atoms with Crippen LogP contribution in [0, 0.1) is 11.8 Å². The maximum atomic E-state index is 14.2. The second kappa shape index (κ2) is 10.4. The molecule has 5 heteroatoms. The predicted molar refractivity (Wildman–Crippen MR) is 137 cm³/mol. The van der Waals surface area contributed by atoms with E-state index < -0.39 is 0 Å². The highest BCUT2D eigenvalue weighted by molar-refractivity contribution is 5.82. The second-order valence-corrected chi connectivity index (χ2v) is 10.3. The maximum absolute atomic E-state index is 14.2. The molecule has 2 saturated heterocycles. The van der Waals surface area contributed by atoms with Gasteiger partial charge in [-0.25, -0.2) is 0 Å². The van der Waals surface area contributed by atoms with E-state index in [4.69, 9.17) is 9.47 Å². The van der Waals surface area contributed by atoms with Crippen LogP contribution in [-0.2, 0) is 10.2 Å². The fourth-order valence-electron chi connectivity index (χ4n) is 6.02. The summed E-state index contributed by atoms with van der Waals surface area (Å²) in [4.78, 5) is 16.4. The number of hydrogen-bond acceptors (Lipinski definition) is 4. The van der Waals surface area contributed by atoms with Crippen LogP contribution in [0.1, 0.15) is 57.6 Å². The van der Waals surface area contributed by atoms with E-state index >= 15 is 0 Å². The highest BCUT2D eigenvalue weighted by Gasteiger charge is 2.49. The Bertz CT molecular complexity index is 977. The summed E-state index contributed by atoms with van der Waals surface area (Å²) in [6.07, 6.45) is 2.03. The van der Waals surface area contributed by atoms with Crippen molar-refractivity contribution in [2.45, 2.75) is 57.9 Å². The molecule has 2 aromatic carbocycles. The van der Waals surface area contributed by atoms with E-state index in [2.05, 4.69) is 67.4 Å². The molecule has 2 aliphatic heterocycles. The van der Waals surface area contributed by atoms with Crippen molar-refractivity contribution in [1.29, 1.82) is 0 Å². The average molecular weight is 465 g/mol. The average Bonchev–Trinajstić information content (AvgIpc) is 3.26. The third-order valence-electron chi connectivity index (χ3n) is 7.98. The fraction of sp³-hybridized carbons (Fsp3) is 0.552. The Morgan fingerprint density at radius 1 is 1.18 bits per heavy atom. The number of carbonyl (C=O) groups is 1. The van der Waals surface area contributed by atoms with Crippen molar-refractivity contribution in [3.8, 4) is 11.5 Å². The number of hydrogen-bond donors (Lipinski definition) is 1. The van der Waals surface area contributed by atoms with Gasteiger partial charge in [0.1, 0.15) is 0 Å². The van der Waals surface area contributed by atoms with Crippen LogP contribution in [0.2, 0.25) is 0 Å². The molecule has 4 atom stereocenters. The Morgan fingerprint density at radius 2 is 1.94 bits per heavy atom. The minimum atomic E-state index is -0.367. The number of nitrogens with one attached hydrogen (secondary N) is 1. The minimum Gasteiger partial charge on any atom is -0.493 e. The molecule has 0 aromatic heterocycles. The van der Waals surface area contributed by atoms with Gasteiger partial charge in [-0.1, -0.05) is 63.2 Å². The van der Waals surface area contributed by atoms with Gasteiger partial charge in [-0.05, 0) is 43.2 Å². The number of methoxy groups -OCH3 is 1. The van der Waals surface area contributed by atoms with Gasteiger partial charge in [0, 0.05) is 36.7 Å². The first-order valence-electron chi connectivity index (χ1n) is 12.8. The first kappa shape index (κ1) is 24.6. The minimum absolute atomic E-state index is 0.145. The Morgan fingerprint density at radius 3 is 2.62 bits per heavy atom. The summed E-state index contributed by atoms with van der Waals surface area (Å²) < 4.78 is 11.7. The van der Waals surface area contributed by atoms with Gasteiger partial charge >= 0.3 is 0 Å². The summed E-state index contributed by atoms with van der Waals surface area (Å²) in [6, 6.07) is 17.1. The molecule has 1 N–H and O–H groups in total. The molecule has 2 heterocycles. The van der Waals surface area contributed by atoms with Gasteiger partial charge in [0.2, 0.25) is 5.91 Å². The van der Waals surface area contributed by atoms with Crippen LogP contribution >= 0.6 is 0 Å². The quantitative estimate of drug-likeness (QED) is 0.626. The van der Waals surface area contributed by atoms with Crippen LogP contribution in [0.3, 0.4) is 0 Å². The van der Waals surface area contributed by atoms with Crippen LogP contribution in [0.15, 0.2) is 48.5 Å². The van der Waals surface area contributed by atoms with E-state index in [-0.39, 0.29) is 23.3 Å². The Balaban J connectivity index is 1.62. The van der Waals surface area contributed by atoms with E-state index in [0.717, 1.165) is 43.0 Å². The smallest absolute Gasteiger partial charge is 0.228 e. The summed E-state index contributed by atoms with van der Waals surface area (Å²) in [5.74, 6) is 2.53. The summed E-state index contributed by atoms with van der Waals surface area (Å²) >= 11 is 0. The standard InChI is InChI=1S/C29H40N2O3/c1-6-34-27-23(13-10-14-26(27)33-5)29(4)19-30-18-24(29)28(32)31-16-15-22(17-25(31)20(2)3)21-11-8-7-9-12-21/h7-14,20,22,24-25,30H,6,15-19H2,1-5H3. The molecule has 34 heavy (non-hydrogen) atoms. The lowest BCUT2D eigenvalue weighted by atomic mass is 9.72. The molecule has 0 aliphatic carbocycles. The van der Waals surface area contributed by atoms with Crippen LogP contribution < -0.4 is 14.8 Å². The van der Waals surface area contributed by atoms with E-state index in [0.29, 0.717) is 25.0 Å². The monoisotopic (exact) mass is 464 g/mol. The number of carbonyl (C=O) groups excluding carboxylic acids is 1. The summed E-state index contributed by atoms with van der Waals surface area (Å²) in [5, 5.41) is 3.52. The number of likely N-dealkylation sites (tertiary alicyclic amines) is 1. The SMILES string of the molecule is CCOc1c(OC)cccc1C1(C)CNCC1C(=O)N1CCC(c2ccccc2)CC1C(C)C. The Hall–Kier alpha value is -2.53. The van der Waals surface area contributed by atoms with Gasteiger partial charge in [-0.2, -0.15) is 0 Å². The normalized spacial score (nSPS) is 27.1. The molecule has 1 amide bonds. The fourth-order valence-corrected chi connectivity index (χ4v) is 6.02. The first-order valence-corrected chi connectivity index (χ1v) is 12.8. The van der Waals surface area contributed by atoms with Gasteiger partial charge in [-0.15, -0.1) is 0 Å². The highest BCUT2D eigenvalue weighted by atomic mass is 16.5. The molecular formula is C29H40N2O3. The summed E-state index contributed by atoms with van der Waals surface area (Å²) in [5.41, 5.74) is 2.08. The molecule has 2 aromatic rings. The van der Waals surface area contributed by atoms with Gasteiger partial charge in [0.15, 0.2) is 11.5 Å². The van der Waals surface area contributed by atoms with Crippen LogP contribution in [0.25, 0.3) is 0 Å². The molecule has 5 nitrogen and oxygen atoms in total. The third-order valence-corrected chi connectivity index (χ3v) is 7.98. The predicted octanol–water partition coefficient (Wildman–Crippen LogP) is 5.00. The number of benzene rings is 2. The zero-order valence-electron chi connectivity index (χ0n) is 21.3. The molecule has 4 rings (SSSR count). The van der Waals surface area contributed by atoms with Crippen molar-refractivity contribution in [3.05, 3.63) is 59.7 Å². The zero-order valence-corrected chi connectivity index (χ0v) is 21.3. The number of ether oxygens (including phenoxy) is 2. The highest BCUT2D eigenvalue weighted by Crippen LogP contribution is 2.46. The van der Waals surface area contributed by atoms with Crippen molar-refractivity contribution in [2.75, 3.05) is 33.4 Å². The van der Waals surface area contributed by atoms with Gasteiger partial charge in [0.05, 0.1) is 19.6 Å². The lowest BCUT2D eigenvalue weighted by Gasteiger charge is -2.45. The maximum Gasteiger partial charge on any atom is 0.228 e. The van der Waals surface area contributed by atoms with Crippen LogP contribution in [0.4, 0.5) is 0 Å². The van der Waals surface area contributed by atoms with Gasteiger partial charge < -0.3 is 19.7 Å². The number of nitrogens with zero attached hydrogens (tertiary/aromatic N) is 1. The molecule has 2 aliphatic rings. The zero-order chi connectivity index (χ0) is 24.3. The van der Waals surface area contributed by atoms with Crippen LogP contribution in [-0.4, -0.2) is 50.2 Å². The van der Waals surface area contributed by atoms with Crippen molar-refractivity contribution in [2.24, 2.45) is 11.8 Å². The Labute approximate surface area is 204 Å². The van der Waals surface area contributed by atoms with Crippen LogP contribution in [0.5, 0.6) is 11.5 Å². The third kappa shape index (κ3) is 4.55. The molecule has 0 radical (unpaired) electrons. The molecule has 2 fully saturated rings. The number of piperidine rings is 1. The van der Waals surface area contributed by atoms with Crippen molar-refractivity contribution in [1.82, 2.24) is 10.2 Å². The number of amides is 1. The molecular weight excluding hydrogens is 424 g/mol.